The van der Waals surface area contributed by atoms with Crippen LogP contribution in [-0.2, 0) is 20.8 Å². The molecule has 0 N–H and O–H groups in total. The molecule has 1 heterocycles. The predicted molar refractivity (Wildman–Crippen MR) is 127 cm³/mol. The van der Waals surface area contributed by atoms with Gasteiger partial charge in [-0.2, -0.15) is 5.06 Å². The number of allylic oxidation sites excluding steroid dienone is 1. The molecular formula is C25H38BrNO3. The van der Waals surface area contributed by atoms with Gasteiger partial charge in [0, 0.05) is 11.1 Å². The van der Waals surface area contributed by atoms with Gasteiger partial charge < -0.3 is 4.74 Å². The van der Waals surface area contributed by atoms with Crippen molar-refractivity contribution in [3.63, 3.8) is 0 Å². The molecule has 1 aliphatic rings. The molecule has 1 aromatic rings. The van der Waals surface area contributed by atoms with Gasteiger partial charge in [-0.3, -0.25) is 9.63 Å². The molecule has 168 valence electrons. The minimum atomic E-state index is -0.726. The Balaban J connectivity index is 2.26. The first kappa shape index (κ1) is 25.1. The van der Waals surface area contributed by atoms with Crippen LogP contribution in [0.25, 0.3) is 0 Å². The molecule has 4 nitrogen and oxygen atoms in total. The molecule has 0 saturated carbocycles. The number of aryl methyl sites for hydroxylation is 1. The molecule has 30 heavy (non-hydrogen) atoms. The van der Waals surface area contributed by atoms with E-state index in [4.69, 9.17) is 9.57 Å². The number of carbonyl (C=O) groups is 1. The monoisotopic (exact) mass is 479 g/mol. The van der Waals surface area contributed by atoms with Gasteiger partial charge in [-0.1, -0.05) is 46.3 Å². The van der Waals surface area contributed by atoms with Crippen LogP contribution in [0.1, 0.15) is 84.5 Å². The van der Waals surface area contributed by atoms with E-state index in [9.17, 15) is 4.79 Å². The molecule has 1 unspecified atom stereocenters. The number of carbonyl (C=O) groups excluding carboxylic acids is 1. The summed E-state index contributed by atoms with van der Waals surface area (Å²) in [6.07, 6.45) is 6.79. The van der Waals surface area contributed by atoms with Gasteiger partial charge in [0.15, 0.2) is 0 Å². The van der Waals surface area contributed by atoms with E-state index < -0.39 is 4.32 Å². The molecule has 1 fully saturated rings. The molecule has 0 amide bonds. The quantitative estimate of drug-likeness (QED) is 0.229. The van der Waals surface area contributed by atoms with Crippen molar-refractivity contribution < 1.29 is 14.4 Å². The molecule has 1 atom stereocenters. The van der Waals surface area contributed by atoms with Crippen LogP contribution in [0.3, 0.4) is 0 Å². The second kappa shape index (κ2) is 9.97. The molecule has 1 aliphatic heterocycles. The van der Waals surface area contributed by atoms with Gasteiger partial charge in [0.25, 0.3) is 0 Å². The fraction of sp³-hybridized carbons (Fsp3) is 0.640. The molecule has 2 rings (SSSR count). The lowest BCUT2D eigenvalue weighted by Crippen LogP contribution is -2.58. The van der Waals surface area contributed by atoms with Gasteiger partial charge in [-0.15, -0.1) is 6.58 Å². The van der Waals surface area contributed by atoms with Crippen molar-refractivity contribution in [1.82, 2.24) is 5.06 Å². The molecule has 1 aromatic carbocycles. The lowest BCUT2D eigenvalue weighted by atomic mass is 9.82. The molecule has 0 spiro atoms. The number of hydroxylamine groups is 2. The highest BCUT2D eigenvalue weighted by molar-refractivity contribution is 9.10. The second-order valence-corrected chi connectivity index (χ2v) is 12.0. The predicted octanol–water partition coefficient (Wildman–Crippen LogP) is 6.54. The number of rotatable bonds is 9. The second-order valence-electron chi connectivity index (χ2n) is 10.0. The highest BCUT2D eigenvalue weighted by Crippen LogP contribution is 2.40. The summed E-state index contributed by atoms with van der Waals surface area (Å²) in [5, 5.41) is 2.13. The number of nitrogens with zero attached hydrogens (tertiary/aromatic N) is 1. The van der Waals surface area contributed by atoms with E-state index in [1.807, 2.05) is 6.08 Å². The van der Waals surface area contributed by atoms with Gasteiger partial charge in [-0.05, 0) is 84.8 Å². The zero-order chi connectivity index (χ0) is 22.6. The van der Waals surface area contributed by atoms with E-state index in [0.29, 0.717) is 0 Å². The normalized spacial score (nSPS) is 19.8. The zero-order valence-corrected chi connectivity index (χ0v) is 21.0. The summed E-state index contributed by atoms with van der Waals surface area (Å²) in [4.78, 5) is 19.0. The molecule has 5 heteroatoms. The highest BCUT2D eigenvalue weighted by Gasteiger charge is 2.44. The third-order valence-electron chi connectivity index (χ3n) is 5.75. The highest BCUT2D eigenvalue weighted by atomic mass is 79.9. The summed E-state index contributed by atoms with van der Waals surface area (Å²) < 4.78 is 4.92. The summed E-state index contributed by atoms with van der Waals surface area (Å²) >= 11 is 3.38. The van der Waals surface area contributed by atoms with Crippen LogP contribution < -0.4 is 0 Å². The SMILES string of the molecule is C=CCCc1ccc(C(COC(=O)C(C)(C)Br)ON2C(C)(C)CCCC2(C)C)cc1. The van der Waals surface area contributed by atoms with E-state index in [1.165, 1.54) is 12.0 Å². The minimum Gasteiger partial charge on any atom is -0.461 e. The Kier molecular flexibility index (Phi) is 8.34. The van der Waals surface area contributed by atoms with E-state index in [1.54, 1.807) is 13.8 Å². The number of esters is 1. The van der Waals surface area contributed by atoms with E-state index in [0.717, 1.165) is 31.2 Å². The summed E-state index contributed by atoms with van der Waals surface area (Å²) in [7, 11) is 0. The van der Waals surface area contributed by atoms with Crippen molar-refractivity contribution in [1.29, 1.82) is 0 Å². The van der Waals surface area contributed by atoms with Crippen molar-refractivity contribution in [3.8, 4) is 0 Å². The molecule has 0 aliphatic carbocycles. The summed E-state index contributed by atoms with van der Waals surface area (Å²) in [6.45, 7) is 16.4. The van der Waals surface area contributed by atoms with Crippen molar-refractivity contribution >= 4 is 21.9 Å². The number of benzene rings is 1. The van der Waals surface area contributed by atoms with Gasteiger partial charge in [0.2, 0.25) is 0 Å². The van der Waals surface area contributed by atoms with Crippen molar-refractivity contribution in [3.05, 3.63) is 48.0 Å². The van der Waals surface area contributed by atoms with Gasteiger partial charge in [0.1, 0.15) is 17.0 Å². The standard InChI is InChI=1S/C25H38BrNO3/c1-8-9-11-19-12-14-20(15-13-19)21(18-29-22(28)25(6,7)26)30-27-23(2,3)16-10-17-24(27,4)5/h8,12-15,21H,1,9-11,16-18H2,2-7H3. The Bertz CT molecular complexity index is 703. The van der Waals surface area contributed by atoms with Crippen LogP contribution in [0.5, 0.6) is 0 Å². The number of alkyl halides is 1. The maximum absolute atomic E-state index is 12.4. The number of ether oxygens (including phenoxy) is 1. The average Bonchev–Trinajstić information content (AvgIpc) is 2.64. The third kappa shape index (κ3) is 6.66. The van der Waals surface area contributed by atoms with Gasteiger partial charge in [-0.25, -0.2) is 0 Å². The Hall–Kier alpha value is -1.17. The number of halogens is 1. The van der Waals surface area contributed by atoms with Crippen LogP contribution in [-0.4, -0.2) is 33.0 Å². The number of hydrogen-bond acceptors (Lipinski definition) is 4. The minimum absolute atomic E-state index is 0.0946. The maximum atomic E-state index is 12.4. The van der Waals surface area contributed by atoms with Crippen molar-refractivity contribution in [2.45, 2.75) is 95.2 Å². The topological polar surface area (TPSA) is 38.8 Å². The molecule has 0 aromatic heterocycles. The van der Waals surface area contributed by atoms with E-state index >= 15 is 0 Å². The number of hydrogen-bond donors (Lipinski definition) is 0. The first-order chi connectivity index (χ1) is 13.9. The summed E-state index contributed by atoms with van der Waals surface area (Å²) in [5.74, 6) is -0.295. The van der Waals surface area contributed by atoms with Crippen LogP contribution in [0.2, 0.25) is 0 Å². The Morgan fingerprint density at radius 3 is 2.27 bits per heavy atom. The van der Waals surface area contributed by atoms with Crippen LogP contribution in [0.15, 0.2) is 36.9 Å². The summed E-state index contributed by atoms with van der Waals surface area (Å²) in [6, 6.07) is 8.41. The van der Waals surface area contributed by atoms with Crippen molar-refractivity contribution in [2.24, 2.45) is 0 Å². The van der Waals surface area contributed by atoms with E-state index in [-0.39, 0.29) is 29.8 Å². The number of piperidine rings is 1. The van der Waals surface area contributed by atoms with E-state index in [2.05, 4.69) is 79.5 Å². The Morgan fingerprint density at radius 1 is 1.20 bits per heavy atom. The average molecular weight is 480 g/mol. The van der Waals surface area contributed by atoms with Crippen LogP contribution in [0, 0.1) is 0 Å². The lowest BCUT2D eigenvalue weighted by Gasteiger charge is -2.52. The Labute approximate surface area is 191 Å². The first-order valence-electron chi connectivity index (χ1n) is 10.9. The van der Waals surface area contributed by atoms with Crippen LogP contribution in [0.4, 0.5) is 0 Å². The lowest BCUT2D eigenvalue weighted by molar-refractivity contribution is -0.311. The molecular weight excluding hydrogens is 442 g/mol. The zero-order valence-electron chi connectivity index (χ0n) is 19.5. The van der Waals surface area contributed by atoms with Crippen molar-refractivity contribution in [2.75, 3.05) is 6.61 Å². The fourth-order valence-electron chi connectivity index (χ4n) is 4.07. The first-order valence-corrected chi connectivity index (χ1v) is 11.7. The van der Waals surface area contributed by atoms with Crippen LogP contribution >= 0.6 is 15.9 Å². The fourth-order valence-corrected chi connectivity index (χ4v) is 4.18. The maximum Gasteiger partial charge on any atom is 0.322 e. The summed E-state index contributed by atoms with van der Waals surface area (Å²) in [5.41, 5.74) is 2.08. The Morgan fingerprint density at radius 2 is 1.77 bits per heavy atom. The third-order valence-corrected chi connectivity index (χ3v) is 6.07. The molecule has 0 bridgehead atoms. The smallest absolute Gasteiger partial charge is 0.322 e. The molecule has 0 radical (unpaired) electrons. The largest absolute Gasteiger partial charge is 0.461 e. The van der Waals surface area contributed by atoms with Gasteiger partial charge in [0.05, 0.1) is 0 Å². The van der Waals surface area contributed by atoms with Gasteiger partial charge >= 0.3 is 5.97 Å². The molecule has 1 saturated heterocycles.